The van der Waals surface area contributed by atoms with Crippen molar-refractivity contribution < 1.29 is 0 Å². The van der Waals surface area contributed by atoms with Crippen molar-refractivity contribution in [2.45, 2.75) is 26.2 Å². The predicted octanol–water partition coefficient (Wildman–Crippen LogP) is 9.44. The highest BCUT2D eigenvalue weighted by atomic mass is 15.1. The molecule has 170 valence electrons. The molecular formula is C34H29N. The molecule has 1 nitrogen and oxygen atoms in total. The number of fused-ring (bicyclic) bond motifs is 3. The number of hydrogen-bond donors (Lipinski definition) is 0. The van der Waals surface area contributed by atoms with Gasteiger partial charge in [-0.3, -0.25) is 0 Å². The Morgan fingerprint density at radius 3 is 1.89 bits per heavy atom. The van der Waals surface area contributed by atoms with Crippen LogP contribution in [0.3, 0.4) is 0 Å². The average Bonchev–Trinajstić information content (AvgIpc) is 3.13. The van der Waals surface area contributed by atoms with Crippen LogP contribution in [-0.2, 0) is 5.41 Å². The highest BCUT2D eigenvalue weighted by molar-refractivity contribution is 5.90. The molecule has 0 unspecified atom stereocenters. The molecule has 0 bridgehead atoms. The summed E-state index contributed by atoms with van der Waals surface area (Å²) in [5.74, 6) is 0. The average molecular weight is 452 g/mol. The molecule has 0 fully saturated rings. The second-order valence-corrected chi connectivity index (χ2v) is 9.95. The molecule has 6 rings (SSSR count). The summed E-state index contributed by atoms with van der Waals surface area (Å²) in [7, 11) is 0. The van der Waals surface area contributed by atoms with Gasteiger partial charge in [0.15, 0.2) is 0 Å². The third-order valence-electron chi connectivity index (χ3n) is 7.35. The van der Waals surface area contributed by atoms with Crippen molar-refractivity contribution in [1.82, 2.24) is 0 Å². The van der Waals surface area contributed by atoms with Gasteiger partial charge in [0, 0.05) is 22.4 Å². The van der Waals surface area contributed by atoms with Gasteiger partial charge in [0.05, 0.1) is 5.69 Å². The highest BCUT2D eigenvalue weighted by Gasteiger charge is 2.35. The summed E-state index contributed by atoms with van der Waals surface area (Å²) >= 11 is 0. The molecule has 0 spiro atoms. The van der Waals surface area contributed by atoms with Gasteiger partial charge in [-0.1, -0.05) is 110 Å². The Labute approximate surface area is 208 Å². The minimum atomic E-state index is -0.0418. The maximum atomic E-state index is 2.40. The van der Waals surface area contributed by atoms with Gasteiger partial charge < -0.3 is 4.90 Å². The Bertz CT molecular complexity index is 1510. The van der Waals surface area contributed by atoms with Gasteiger partial charge >= 0.3 is 0 Å². The van der Waals surface area contributed by atoms with Crippen LogP contribution in [0, 0.1) is 6.92 Å². The lowest BCUT2D eigenvalue weighted by molar-refractivity contribution is 0.660. The molecule has 0 saturated heterocycles. The summed E-state index contributed by atoms with van der Waals surface area (Å²) in [6, 6.07) is 44.0. The van der Waals surface area contributed by atoms with Gasteiger partial charge in [0.1, 0.15) is 0 Å². The number of hydrogen-bond acceptors (Lipinski definition) is 1. The first-order valence-electron chi connectivity index (χ1n) is 12.3. The van der Waals surface area contributed by atoms with E-state index in [2.05, 4.69) is 147 Å². The van der Waals surface area contributed by atoms with Crippen molar-refractivity contribution in [3.63, 3.8) is 0 Å². The Morgan fingerprint density at radius 1 is 0.514 bits per heavy atom. The van der Waals surface area contributed by atoms with E-state index in [9.17, 15) is 0 Å². The molecule has 1 heteroatoms. The van der Waals surface area contributed by atoms with E-state index >= 15 is 0 Å². The fourth-order valence-corrected chi connectivity index (χ4v) is 5.48. The molecule has 0 amide bonds. The fraction of sp³-hybridized carbons (Fsp3) is 0.118. The molecule has 0 aliphatic heterocycles. The number of rotatable bonds is 4. The van der Waals surface area contributed by atoms with Crippen molar-refractivity contribution in [2.24, 2.45) is 0 Å². The molecule has 0 N–H and O–H groups in total. The van der Waals surface area contributed by atoms with Crippen LogP contribution in [0.1, 0.15) is 30.5 Å². The predicted molar refractivity (Wildman–Crippen MR) is 149 cm³/mol. The van der Waals surface area contributed by atoms with Crippen LogP contribution in [0.15, 0.2) is 121 Å². The van der Waals surface area contributed by atoms with Gasteiger partial charge in [-0.15, -0.1) is 0 Å². The third kappa shape index (κ3) is 3.56. The minimum absolute atomic E-state index is 0.0418. The van der Waals surface area contributed by atoms with Crippen molar-refractivity contribution in [2.75, 3.05) is 4.90 Å². The summed E-state index contributed by atoms with van der Waals surface area (Å²) in [4.78, 5) is 2.40. The molecule has 1 aliphatic rings. The van der Waals surface area contributed by atoms with E-state index in [0.29, 0.717) is 0 Å². The van der Waals surface area contributed by atoms with E-state index in [-0.39, 0.29) is 5.41 Å². The second-order valence-electron chi connectivity index (χ2n) is 9.95. The first kappa shape index (κ1) is 21.4. The van der Waals surface area contributed by atoms with Gasteiger partial charge in [0.25, 0.3) is 0 Å². The maximum Gasteiger partial charge on any atom is 0.0540 e. The van der Waals surface area contributed by atoms with E-state index in [1.54, 1.807) is 0 Å². The van der Waals surface area contributed by atoms with E-state index in [1.165, 1.54) is 50.3 Å². The van der Waals surface area contributed by atoms with E-state index in [4.69, 9.17) is 0 Å². The fourth-order valence-electron chi connectivity index (χ4n) is 5.48. The van der Waals surface area contributed by atoms with E-state index < -0.39 is 0 Å². The molecule has 5 aromatic rings. The third-order valence-corrected chi connectivity index (χ3v) is 7.35. The largest absolute Gasteiger partial charge is 0.310 e. The lowest BCUT2D eigenvalue weighted by atomic mass is 9.82. The summed E-state index contributed by atoms with van der Waals surface area (Å²) in [6.45, 7) is 6.83. The van der Waals surface area contributed by atoms with Gasteiger partial charge in [0.2, 0.25) is 0 Å². The Balaban J connectivity index is 1.57. The normalized spacial score (nSPS) is 13.2. The molecule has 0 atom stereocenters. The van der Waals surface area contributed by atoms with Crippen LogP contribution in [0.2, 0.25) is 0 Å². The number of aryl methyl sites for hydroxylation is 1. The monoisotopic (exact) mass is 451 g/mol. The van der Waals surface area contributed by atoms with Crippen molar-refractivity contribution in [3.05, 3.63) is 138 Å². The van der Waals surface area contributed by atoms with Gasteiger partial charge in [-0.25, -0.2) is 0 Å². The number of para-hydroxylation sites is 1. The molecule has 0 radical (unpaired) electrons. The highest BCUT2D eigenvalue weighted by Crippen LogP contribution is 2.51. The van der Waals surface area contributed by atoms with Crippen LogP contribution >= 0.6 is 0 Å². The minimum Gasteiger partial charge on any atom is -0.310 e. The Hall–Kier alpha value is -4.10. The van der Waals surface area contributed by atoms with Crippen molar-refractivity contribution in [3.8, 4) is 22.3 Å². The number of nitrogens with zero attached hydrogens (tertiary/aromatic N) is 1. The zero-order chi connectivity index (χ0) is 24.0. The maximum absolute atomic E-state index is 2.40. The molecule has 1 aliphatic carbocycles. The molecule has 0 saturated carbocycles. The Morgan fingerprint density at radius 2 is 1.11 bits per heavy atom. The summed E-state index contributed by atoms with van der Waals surface area (Å²) in [5.41, 5.74) is 12.6. The standard InChI is InChI=1S/C34H29N/c1-24-17-19-26(20-18-24)35(33-16-10-8-13-28(33)25-11-5-4-6-12-25)27-21-22-30-29-14-7-9-15-31(29)34(2,3)32(30)23-27/h4-23H,1-3H3. The molecule has 35 heavy (non-hydrogen) atoms. The van der Waals surface area contributed by atoms with Crippen molar-refractivity contribution >= 4 is 17.1 Å². The van der Waals surface area contributed by atoms with Crippen molar-refractivity contribution in [1.29, 1.82) is 0 Å². The first-order valence-corrected chi connectivity index (χ1v) is 12.3. The second kappa shape index (κ2) is 8.29. The lowest BCUT2D eigenvalue weighted by Gasteiger charge is -2.30. The first-order chi connectivity index (χ1) is 17.0. The molecular weight excluding hydrogens is 422 g/mol. The van der Waals surface area contributed by atoms with E-state index in [1.807, 2.05) is 0 Å². The smallest absolute Gasteiger partial charge is 0.0540 e. The summed E-state index contributed by atoms with van der Waals surface area (Å²) < 4.78 is 0. The van der Waals surface area contributed by atoms with Gasteiger partial charge in [-0.2, -0.15) is 0 Å². The zero-order valence-corrected chi connectivity index (χ0v) is 20.5. The topological polar surface area (TPSA) is 3.24 Å². The Kier molecular flexibility index (Phi) is 5.07. The molecule has 5 aromatic carbocycles. The quantitative estimate of drug-likeness (QED) is 0.263. The van der Waals surface area contributed by atoms with Crippen LogP contribution < -0.4 is 4.90 Å². The van der Waals surface area contributed by atoms with Crippen LogP contribution in [0.5, 0.6) is 0 Å². The zero-order valence-electron chi connectivity index (χ0n) is 20.5. The molecule has 0 heterocycles. The van der Waals surface area contributed by atoms with Crippen LogP contribution in [0.4, 0.5) is 17.1 Å². The number of anilines is 3. The lowest BCUT2D eigenvalue weighted by Crippen LogP contribution is -2.16. The molecule has 0 aromatic heterocycles. The number of benzene rings is 5. The summed E-state index contributed by atoms with van der Waals surface area (Å²) in [6.07, 6.45) is 0. The van der Waals surface area contributed by atoms with Crippen LogP contribution in [0.25, 0.3) is 22.3 Å². The SMILES string of the molecule is Cc1ccc(N(c2ccc3c(c2)C(C)(C)c2ccccc2-3)c2ccccc2-c2ccccc2)cc1. The van der Waals surface area contributed by atoms with Crippen LogP contribution in [-0.4, -0.2) is 0 Å². The summed E-state index contributed by atoms with van der Waals surface area (Å²) in [5, 5.41) is 0. The van der Waals surface area contributed by atoms with E-state index in [0.717, 1.165) is 5.69 Å². The van der Waals surface area contributed by atoms with Gasteiger partial charge in [-0.05, 0) is 65.1 Å².